The molecule has 0 aromatic heterocycles. The lowest BCUT2D eigenvalue weighted by molar-refractivity contribution is 0.340. The van der Waals surface area contributed by atoms with Crippen LogP contribution in [-0.2, 0) is 0 Å². The third-order valence-corrected chi connectivity index (χ3v) is 5.38. The maximum atomic E-state index is 5.85. The molecule has 132 valence electrons. The topological polar surface area (TPSA) is 21.6 Å². The Hall–Kier alpha value is -2.61. The minimum atomic E-state index is 0.648. The number of hydrogen-bond acceptors (Lipinski definition) is 2. The van der Waals surface area contributed by atoms with E-state index >= 15 is 0 Å². The number of hydrogen-bond donors (Lipinski definition) is 0. The Labute approximate surface area is 155 Å². The number of aryl methyl sites for hydroxylation is 1. The first-order chi connectivity index (χ1) is 12.8. The molecule has 2 heteroatoms. The number of aliphatic imine (C=N–C) groups is 1. The van der Waals surface area contributed by atoms with Crippen molar-refractivity contribution < 1.29 is 4.74 Å². The van der Waals surface area contributed by atoms with E-state index in [0.29, 0.717) is 6.61 Å². The van der Waals surface area contributed by atoms with E-state index in [-0.39, 0.29) is 0 Å². The Balaban J connectivity index is 1.73. The predicted octanol–water partition coefficient (Wildman–Crippen LogP) is 6.57. The Morgan fingerprint density at radius 1 is 1.08 bits per heavy atom. The van der Waals surface area contributed by atoms with E-state index in [1.54, 1.807) is 0 Å². The van der Waals surface area contributed by atoms with Gasteiger partial charge in [0, 0.05) is 11.8 Å². The van der Waals surface area contributed by atoms with Crippen molar-refractivity contribution in [1.82, 2.24) is 0 Å². The maximum Gasteiger partial charge on any atom is 0.128 e. The van der Waals surface area contributed by atoms with E-state index in [1.165, 1.54) is 41.2 Å². The largest absolute Gasteiger partial charge is 0.493 e. The van der Waals surface area contributed by atoms with E-state index < -0.39 is 0 Å². The van der Waals surface area contributed by atoms with Crippen LogP contribution in [-0.4, -0.2) is 12.8 Å². The number of fused-ring (bicyclic) bond motifs is 1. The average Bonchev–Trinajstić information content (AvgIpc) is 2.62. The first-order valence-electron chi connectivity index (χ1n) is 9.55. The first-order valence-corrected chi connectivity index (χ1v) is 9.55. The smallest absolute Gasteiger partial charge is 0.128 e. The Bertz CT molecular complexity index is 954. The van der Waals surface area contributed by atoms with Gasteiger partial charge in [0.2, 0.25) is 0 Å². The second-order valence-electron chi connectivity index (χ2n) is 7.06. The monoisotopic (exact) mass is 343 g/mol. The van der Waals surface area contributed by atoms with Crippen molar-refractivity contribution in [3.8, 4) is 5.75 Å². The van der Waals surface area contributed by atoms with Crippen molar-refractivity contribution in [2.45, 2.75) is 39.0 Å². The molecule has 1 aliphatic rings. The molecular weight excluding hydrogens is 318 g/mol. The summed E-state index contributed by atoms with van der Waals surface area (Å²) in [7, 11) is 0. The van der Waals surface area contributed by atoms with Gasteiger partial charge in [-0.2, -0.15) is 0 Å². The molecule has 1 fully saturated rings. The minimum Gasteiger partial charge on any atom is -0.493 e. The fourth-order valence-corrected chi connectivity index (χ4v) is 3.70. The summed E-state index contributed by atoms with van der Waals surface area (Å²) in [5, 5.41) is 2.38. The van der Waals surface area contributed by atoms with Crippen molar-refractivity contribution in [3.63, 3.8) is 0 Å². The van der Waals surface area contributed by atoms with Gasteiger partial charge < -0.3 is 4.74 Å². The third kappa shape index (κ3) is 3.24. The Morgan fingerprint density at radius 3 is 2.69 bits per heavy atom. The van der Waals surface area contributed by atoms with Crippen molar-refractivity contribution in [3.05, 3.63) is 71.3 Å². The molecule has 0 unspecified atom stereocenters. The Kier molecular flexibility index (Phi) is 4.75. The highest BCUT2D eigenvalue weighted by Gasteiger charge is 2.21. The summed E-state index contributed by atoms with van der Waals surface area (Å²) in [5.41, 5.74) is 4.92. The molecule has 4 rings (SSSR count). The summed E-state index contributed by atoms with van der Waals surface area (Å²) in [4.78, 5) is 4.81. The molecule has 0 atom stereocenters. The highest BCUT2D eigenvalue weighted by Crippen LogP contribution is 2.39. The lowest BCUT2D eigenvalue weighted by Crippen LogP contribution is -2.09. The van der Waals surface area contributed by atoms with Gasteiger partial charge in [0.25, 0.3) is 0 Å². The van der Waals surface area contributed by atoms with Gasteiger partial charge in [-0.05, 0) is 72.7 Å². The molecule has 2 nitrogen and oxygen atoms in total. The molecule has 1 aliphatic carbocycles. The predicted molar refractivity (Wildman–Crippen MR) is 110 cm³/mol. The molecule has 0 radical (unpaired) electrons. The van der Waals surface area contributed by atoms with Crippen LogP contribution in [0, 0.1) is 6.92 Å². The normalized spacial score (nSPS) is 14.7. The van der Waals surface area contributed by atoms with Crippen LogP contribution in [0.25, 0.3) is 10.8 Å². The van der Waals surface area contributed by atoms with Gasteiger partial charge in [-0.3, -0.25) is 4.99 Å². The van der Waals surface area contributed by atoms with Crippen LogP contribution in [0.5, 0.6) is 5.75 Å². The lowest BCUT2D eigenvalue weighted by atomic mass is 9.78. The van der Waals surface area contributed by atoms with Crippen LogP contribution in [0.15, 0.2) is 59.6 Å². The van der Waals surface area contributed by atoms with Gasteiger partial charge in [0.15, 0.2) is 0 Å². The molecule has 26 heavy (non-hydrogen) atoms. The van der Waals surface area contributed by atoms with Gasteiger partial charge in [0.05, 0.1) is 12.3 Å². The van der Waals surface area contributed by atoms with Crippen LogP contribution < -0.4 is 4.74 Å². The van der Waals surface area contributed by atoms with E-state index in [0.717, 1.165) is 22.9 Å². The molecule has 0 N–H and O–H groups in total. The molecule has 3 aromatic carbocycles. The number of rotatable bonds is 5. The van der Waals surface area contributed by atoms with Crippen molar-refractivity contribution in [1.29, 1.82) is 0 Å². The van der Waals surface area contributed by atoms with Crippen molar-refractivity contribution in [2.24, 2.45) is 4.99 Å². The Morgan fingerprint density at radius 2 is 1.92 bits per heavy atom. The maximum absolute atomic E-state index is 5.85. The molecule has 0 spiro atoms. The average molecular weight is 343 g/mol. The van der Waals surface area contributed by atoms with Crippen molar-refractivity contribution in [2.75, 3.05) is 6.61 Å². The van der Waals surface area contributed by atoms with Gasteiger partial charge in [-0.1, -0.05) is 42.8 Å². The third-order valence-electron chi connectivity index (χ3n) is 5.38. The summed E-state index contributed by atoms with van der Waals surface area (Å²) in [6.45, 7) is 4.87. The van der Waals surface area contributed by atoms with Crippen molar-refractivity contribution >= 4 is 22.7 Å². The van der Waals surface area contributed by atoms with Crippen LogP contribution in [0.2, 0.25) is 0 Å². The molecule has 0 saturated heterocycles. The second kappa shape index (κ2) is 7.33. The summed E-state index contributed by atoms with van der Waals surface area (Å²) in [6.07, 6.45) is 5.94. The van der Waals surface area contributed by atoms with E-state index in [4.69, 9.17) is 9.73 Å². The molecule has 0 bridgehead atoms. The van der Waals surface area contributed by atoms with Gasteiger partial charge >= 0.3 is 0 Å². The number of benzene rings is 3. The summed E-state index contributed by atoms with van der Waals surface area (Å²) in [5.74, 6) is 1.61. The highest BCUT2D eigenvalue weighted by atomic mass is 16.5. The summed E-state index contributed by atoms with van der Waals surface area (Å²) >= 11 is 0. The van der Waals surface area contributed by atoms with E-state index in [9.17, 15) is 0 Å². The lowest BCUT2D eigenvalue weighted by Gasteiger charge is -2.27. The standard InChI is InChI=1S/C24H25NO/c1-3-26-24-14-12-19-7-4-5-10-21(19)23(24)16-25-20-13-11-17(2)22(15-20)18-8-6-9-18/h4-5,7,10-16,18H,3,6,8-9H2,1-2H3. The van der Waals surface area contributed by atoms with Gasteiger partial charge in [-0.15, -0.1) is 0 Å². The zero-order chi connectivity index (χ0) is 17.9. The summed E-state index contributed by atoms with van der Waals surface area (Å²) in [6, 6.07) is 19.1. The second-order valence-corrected chi connectivity index (χ2v) is 7.06. The number of ether oxygens (including phenoxy) is 1. The van der Waals surface area contributed by atoms with E-state index in [2.05, 4.69) is 55.5 Å². The first kappa shape index (κ1) is 16.8. The fraction of sp³-hybridized carbons (Fsp3) is 0.292. The molecule has 3 aromatic rings. The fourth-order valence-electron chi connectivity index (χ4n) is 3.70. The molecule has 0 aliphatic heterocycles. The van der Waals surface area contributed by atoms with Crippen LogP contribution in [0.4, 0.5) is 5.69 Å². The van der Waals surface area contributed by atoms with Crippen LogP contribution >= 0.6 is 0 Å². The SMILES string of the molecule is CCOc1ccc2ccccc2c1C=Nc1ccc(C)c(C2CCC2)c1. The molecule has 1 saturated carbocycles. The highest BCUT2D eigenvalue weighted by molar-refractivity contribution is 6.03. The van der Waals surface area contributed by atoms with Gasteiger partial charge in [-0.25, -0.2) is 0 Å². The quantitative estimate of drug-likeness (QED) is 0.480. The van der Waals surface area contributed by atoms with Gasteiger partial charge in [0.1, 0.15) is 5.75 Å². The minimum absolute atomic E-state index is 0.648. The van der Waals surface area contributed by atoms with Crippen LogP contribution in [0.1, 0.15) is 48.8 Å². The zero-order valence-electron chi connectivity index (χ0n) is 15.5. The summed E-state index contributed by atoms with van der Waals surface area (Å²) < 4.78 is 5.85. The molecule has 0 amide bonds. The number of nitrogens with zero attached hydrogens (tertiary/aromatic N) is 1. The molecular formula is C24H25NO. The van der Waals surface area contributed by atoms with Crippen LogP contribution in [0.3, 0.4) is 0 Å². The zero-order valence-corrected chi connectivity index (χ0v) is 15.5. The molecule has 0 heterocycles. The van der Waals surface area contributed by atoms with E-state index in [1.807, 2.05) is 19.2 Å².